The molecule has 0 spiro atoms. The molecule has 10 heteroatoms. The van der Waals surface area contributed by atoms with Crippen LogP contribution in [0.4, 0.5) is 5.13 Å². The van der Waals surface area contributed by atoms with Crippen LogP contribution in [0.1, 0.15) is 46.0 Å². The Morgan fingerprint density at radius 2 is 1.92 bits per heavy atom. The van der Waals surface area contributed by atoms with E-state index in [0.29, 0.717) is 22.6 Å². The van der Waals surface area contributed by atoms with Crippen LogP contribution in [-0.4, -0.2) is 37.8 Å². The molecule has 0 saturated carbocycles. The molecule has 9 nitrogen and oxygen atoms in total. The van der Waals surface area contributed by atoms with Gasteiger partial charge in [-0.15, -0.1) is 0 Å². The second-order valence-corrected chi connectivity index (χ2v) is 9.30. The fraction of sp³-hybridized carbons (Fsp3) is 0.269. The van der Waals surface area contributed by atoms with Gasteiger partial charge in [0.25, 0.3) is 5.56 Å². The van der Waals surface area contributed by atoms with Crippen molar-refractivity contribution in [2.75, 3.05) is 11.9 Å². The molecule has 0 aliphatic carbocycles. The summed E-state index contributed by atoms with van der Waals surface area (Å²) >= 11 is 1.03. The number of nitrogens with zero attached hydrogens (tertiary/aromatic N) is 4. The Morgan fingerprint density at radius 3 is 2.58 bits per heavy atom. The van der Waals surface area contributed by atoms with Gasteiger partial charge >= 0.3 is 5.97 Å². The molecular weight excluding hydrogens is 478 g/mol. The van der Waals surface area contributed by atoms with E-state index in [-0.39, 0.29) is 17.3 Å². The quantitative estimate of drug-likeness (QED) is 0.279. The normalized spacial score (nSPS) is 11.9. The van der Waals surface area contributed by atoms with Crippen LogP contribution >= 0.6 is 11.3 Å². The lowest BCUT2D eigenvalue weighted by atomic mass is 10.1. The number of amides is 1. The number of pyridine rings is 1. The Balaban J connectivity index is 1.77. The third-order valence-electron chi connectivity index (χ3n) is 5.78. The number of aromatic nitrogens is 4. The van der Waals surface area contributed by atoms with Crippen molar-refractivity contribution in [1.29, 1.82) is 0 Å². The minimum absolute atomic E-state index is 0.0800. The van der Waals surface area contributed by atoms with Gasteiger partial charge in [-0.1, -0.05) is 49.1 Å². The number of rotatable bonds is 8. The molecule has 0 saturated heterocycles. The van der Waals surface area contributed by atoms with E-state index < -0.39 is 17.9 Å². The molecule has 0 fully saturated rings. The summed E-state index contributed by atoms with van der Waals surface area (Å²) in [5.41, 5.74) is 3.03. The number of esters is 1. The van der Waals surface area contributed by atoms with Crippen molar-refractivity contribution in [2.45, 2.75) is 40.2 Å². The Hall–Kier alpha value is -4.05. The van der Waals surface area contributed by atoms with Crippen LogP contribution in [0.25, 0.3) is 16.7 Å². The maximum absolute atomic E-state index is 13.5. The van der Waals surface area contributed by atoms with Crippen LogP contribution in [-0.2, 0) is 9.53 Å². The van der Waals surface area contributed by atoms with E-state index in [1.165, 1.54) is 16.7 Å². The highest BCUT2D eigenvalue weighted by Gasteiger charge is 2.27. The summed E-state index contributed by atoms with van der Waals surface area (Å²) < 4.78 is 8.29. The molecule has 3 aromatic heterocycles. The number of hydrogen-bond acceptors (Lipinski definition) is 7. The number of benzene rings is 1. The number of thiazole rings is 1. The number of hydrogen-bond donors (Lipinski definition) is 1. The highest BCUT2D eigenvalue weighted by atomic mass is 32.1. The summed E-state index contributed by atoms with van der Waals surface area (Å²) in [7, 11) is 0. The lowest BCUT2D eigenvalue weighted by Gasteiger charge is -2.20. The molecule has 1 N–H and O–H groups in total. The average Bonchev–Trinajstić information content (AvgIpc) is 3.40. The van der Waals surface area contributed by atoms with E-state index in [2.05, 4.69) is 16.9 Å². The Labute approximate surface area is 212 Å². The average molecular weight is 506 g/mol. The van der Waals surface area contributed by atoms with Crippen LogP contribution in [0.3, 0.4) is 0 Å². The monoisotopic (exact) mass is 505 g/mol. The first-order chi connectivity index (χ1) is 17.3. The van der Waals surface area contributed by atoms with E-state index in [1.54, 1.807) is 11.6 Å². The molecule has 4 aromatic rings. The number of carbonyl (C=O) groups excluding carboxylic acids is 2. The topological polar surface area (TPSA) is 108 Å². The first kappa shape index (κ1) is 25.1. The van der Waals surface area contributed by atoms with Gasteiger partial charge in [-0.05, 0) is 44.9 Å². The number of nitrogens with one attached hydrogen (secondary N) is 1. The van der Waals surface area contributed by atoms with Crippen molar-refractivity contribution in [3.8, 4) is 5.69 Å². The Morgan fingerprint density at radius 1 is 1.19 bits per heavy atom. The second-order valence-electron chi connectivity index (χ2n) is 8.30. The standard InChI is InChI=1S/C26H27N5O4S/c1-6-13-35-25(34)22-17(5)27-26(36-22)28-23(33)19(7-2)30-20(32)14-15(3)21-16(4)29-31(24(21)30)18-11-9-8-10-12-18/h6,8-12,14,19H,1,7,13H2,2-5H3,(H,27,28,33). The zero-order valence-corrected chi connectivity index (χ0v) is 21.4. The summed E-state index contributed by atoms with van der Waals surface area (Å²) in [6.45, 7) is 10.9. The van der Waals surface area contributed by atoms with Crippen LogP contribution in [0.5, 0.6) is 0 Å². The van der Waals surface area contributed by atoms with Gasteiger partial charge in [0.2, 0.25) is 5.91 Å². The van der Waals surface area contributed by atoms with Crippen molar-refractivity contribution in [3.63, 3.8) is 0 Å². The summed E-state index contributed by atoms with van der Waals surface area (Å²) in [4.78, 5) is 43.7. The summed E-state index contributed by atoms with van der Waals surface area (Å²) in [6, 6.07) is 10.2. The number of ether oxygens (including phenoxy) is 1. The van der Waals surface area contributed by atoms with Crippen LogP contribution < -0.4 is 10.9 Å². The summed E-state index contributed by atoms with van der Waals surface area (Å²) in [5.74, 6) is -0.945. The number of fused-ring (bicyclic) bond motifs is 1. The van der Waals surface area contributed by atoms with E-state index in [0.717, 1.165) is 33.7 Å². The fourth-order valence-electron chi connectivity index (χ4n) is 4.19. The van der Waals surface area contributed by atoms with Crippen molar-refractivity contribution < 1.29 is 14.3 Å². The maximum Gasteiger partial charge on any atom is 0.350 e. The van der Waals surface area contributed by atoms with Crippen LogP contribution in [0.15, 0.2) is 53.8 Å². The molecule has 1 atom stereocenters. The zero-order valence-electron chi connectivity index (χ0n) is 20.6. The first-order valence-electron chi connectivity index (χ1n) is 11.5. The molecule has 1 aromatic carbocycles. The molecule has 1 amide bonds. The number of para-hydroxylation sites is 1. The van der Waals surface area contributed by atoms with Gasteiger partial charge in [-0.3, -0.25) is 14.2 Å². The largest absolute Gasteiger partial charge is 0.457 e. The predicted octanol–water partition coefficient (Wildman–Crippen LogP) is 4.50. The number of anilines is 1. The Bertz CT molecular complexity index is 1520. The molecule has 36 heavy (non-hydrogen) atoms. The van der Waals surface area contributed by atoms with Crippen LogP contribution in [0, 0.1) is 20.8 Å². The van der Waals surface area contributed by atoms with Crippen molar-refractivity contribution in [1.82, 2.24) is 19.3 Å². The highest BCUT2D eigenvalue weighted by molar-refractivity contribution is 7.17. The van der Waals surface area contributed by atoms with Crippen molar-refractivity contribution in [2.24, 2.45) is 0 Å². The molecule has 0 bridgehead atoms. The van der Waals surface area contributed by atoms with E-state index in [4.69, 9.17) is 9.84 Å². The number of carbonyl (C=O) groups is 2. The van der Waals surface area contributed by atoms with E-state index >= 15 is 0 Å². The molecule has 3 heterocycles. The molecule has 0 radical (unpaired) electrons. The lowest BCUT2D eigenvalue weighted by molar-refractivity contribution is -0.119. The minimum atomic E-state index is -0.834. The zero-order chi connectivity index (χ0) is 26.0. The molecule has 186 valence electrons. The summed E-state index contributed by atoms with van der Waals surface area (Å²) in [6.07, 6.45) is 1.83. The Kier molecular flexibility index (Phi) is 7.16. The van der Waals surface area contributed by atoms with Gasteiger partial charge in [-0.25, -0.2) is 14.5 Å². The minimum Gasteiger partial charge on any atom is -0.457 e. The van der Waals surface area contributed by atoms with Crippen LogP contribution in [0.2, 0.25) is 0 Å². The number of aryl methyl sites for hydroxylation is 3. The SMILES string of the molecule is C=CCOC(=O)c1sc(NC(=O)C(CC)n2c(=O)cc(C)c3c(C)nn(-c4ccccc4)c32)nc1C. The third kappa shape index (κ3) is 4.59. The molecule has 1 unspecified atom stereocenters. The fourth-order valence-corrected chi connectivity index (χ4v) is 5.06. The predicted molar refractivity (Wildman–Crippen MR) is 140 cm³/mol. The van der Waals surface area contributed by atoms with Gasteiger partial charge in [0, 0.05) is 11.5 Å². The van der Waals surface area contributed by atoms with Crippen molar-refractivity contribution >= 4 is 39.4 Å². The maximum atomic E-state index is 13.5. The highest BCUT2D eigenvalue weighted by Crippen LogP contribution is 2.28. The van der Waals surface area contributed by atoms with Gasteiger partial charge in [0.15, 0.2) is 5.13 Å². The molecular formula is C26H27N5O4S. The van der Waals surface area contributed by atoms with Gasteiger partial charge in [0.05, 0.1) is 17.1 Å². The molecule has 0 aliphatic heterocycles. The van der Waals surface area contributed by atoms with Gasteiger partial charge in [-0.2, -0.15) is 5.10 Å². The van der Waals surface area contributed by atoms with E-state index in [1.807, 2.05) is 51.1 Å². The smallest absolute Gasteiger partial charge is 0.350 e. The summed E-state index contributed by atoms with van der Waals surface area (Å²) in [5, 5.41) is 8.56. The molecule has 0 aliphatic rings. The van der Waals surface area contributed by atoms with Gasteiger partial charge < -0.3 is 10.1 Å². The third-order valence-corrected chi connectivity index (χ3v) is 6.84. The van der Waals surface area contributed by atoms with Gasteiger partial charge in [0.1, 0.15) is 23.2 Å². The second kappa shape index (κ2) is 10.3. The van der Waals surface area contributed by atoms with E-state index in [9.17, 15) is 14.4 Å². The van der Waals surface area contributed by atoms with Crippen molar-refractivity contribution in [3.05, 3.63) is 81.2 Å². The molecule has 4 rings (SSSR count). The first-order valence-corrected chi connectivity index (χ1v) is 12.3. The lowest BCUT2D eigenvalue weighted by Crippen LogP contribution is -2.34.